The Balaban J connectivity index is 2.18. The molecular formula is C14H22N2OS2. The molecule has 1 amide bonds. The van der Waals surface area contributed by atoms with E-state index in [0.29, 0.717) is 0 Å². The number of hydrogen-bond acceptors (Lipinski definition) is 4. The predicted molar refractivity (Wildman–Crippen MR) is 83.7 cm³/mol. The average Bonchev–Trinajstić information content (AvgIpc) is 2.92. The van der Waals surface area contributed by atoms with Crippen LogP contribution >= 0.6 is 23.1 Å². The largest absolute Gasteiger partial charge is 0.317 e. The fourth-order valence-corrected chi connectivity index (χ4v) is 4.07. The van der Waals surface area contributed by atoms with Crippen LogP contribution in [-0.4, -0.2) is 34.4 Å². The Morgan fingerprint density at radius 1 is 1.53 bits per heavy atom. The number of nitrogens with zero attached hydrogens (tertiary/aromatic N) is 1. The molecule has 1 fully saturated rings. The number of thioether (sulfide) groups is 1. The molecule has 1 aromatic heterocycles. The van der Waals surface area contributed by atoms with Gasteiger partial charge in [0, 0.05) is 21.5 Å². The van der Waals surface area contributed by atoms with Crippen LogP contribution in [0.5, 0.6) is 0 Å². The molecule has 0 radical (unpaired) electrons. The van der Waals surface area contributed by atoms with Crippen molar-refractivity contribution in [3.8, 4) is 0 Å². The monoisotopic (exact) mass is 298 g/mol. The number of amides is 1. The van der Waals surface area contributed by atoms with Gasteiger partial charge in [-0.3, -0.25) is 10.1 Å². The molecule has 0 bridgehead atoms. The molecule has 2 heterocycles. The summed E-state index contributed by atoms with van der Waals surface area (Å²) in [5.41, 5.74) is 0. The zero-order chi connectivity index (χ0) is 14.0. The van der Waals surface area contributed by atoms with Crippen molar-refractivity contribution < 1.29 is 4.79 Å². The molecular weight excluding hydrogens is 276 g/mol. The molecule has 5 heteroatoms. The molecule has 1 N–H and O–H groups in total. The van der Waals surface area contributed by atoms with Gasteiger partial charge in [0.05, 0.1) is 6.04 Å². The van der Waals surface area contributed by atoms with Gasteiger partial charge in [-0.25, -0.2) is 0 Å². The van der Waals surface area contributed by atoms with Crippen molar-refractivity contribution in [1.29, 1.82) is 0 Å². The highest BCUT2D eigenvalue weighted by Crippen LogP contribution is 2.32. The molecule has 106 valence electrons. The van der Waals surface area contributed by atoms with E-state index in [2.05, 4.69) is 38.2 Å². The topological polar surface area (TPSA) is 32.3 Å². The Kier molecular flexibility index (Phi) is 4.92. The zero-order valence-corrected chi connectivity index (χ0v) is 13.6. The van der Waals surface area contributed by atoms with Gasteiger partial charge in [0.15, 0.2) is 0 Å². The van der Waals surface area contributed by atoms with Gasteiger partial charge in [-0.1, -0.05) is 6.92 Å². The van der Waals surface area contributed by atoms with Crippen molar-refractivity contribution in [2.24, 2.45) is 0 Å². The summed E-state index contributed by atoms with van der Waals surface area (Å²) >= 11 is 3.66. The van der Waals surface area contributed by atoms with Gasteiger partial charge in [0.25, 0.3) is 0 Å². The van der Waals surface area contributed by atoms with Crippen LogP contribution in [-0.2, 0) is 4.79 Å². The molecule has 2 rings (SSSR count). The molecule has 0 spiro atoms. The highest BCUT2D eigenvalue weighted by Gasteiger charge is 2.40. The molecule has 0 aromatic carbocycles. The van der Waals surface area contributed by atoms with E-state index >= 15 is 0 Å². The number of thiophene rings is 1. The Morgan fingerprint density at radius 2 is 2.26 bits per heavy atom. The molecule has 3 unspecified atom stereocenters. The first kappa shape index (κ1) is 14.9. The van der Waals surface area contributed by atoms with Crippen LogP contribution in [0.25, 0.3) is 0 Å². The van der Waals surface area contributed by atoms with E-state index in [1.165, 1.54) is 9.75 Å². The lowest BCUT2D eigenvalue weighted by Gasteiger charge is -2.29. The second-order valence-electron chi connectivity index (χ2n) is 4.99. The molecule has 19 heavy (non-hydrogen) atoms. The smallest absolute Gasteiger partial charge is 0.241 e. The minimum atomic E-state index is -0.0820. The summed E-state index contributed by atoms with van der Waals surface area (Å²) in [5, 5.41) is 3.42. The van der Waals surface area contributed by atoms with Crippen molar-refractivity contribution >= 4 is 29.0 Å². The molecule has 1 saturated heterocycles. The van der Waals surface area contributed by atoms with Gasteiger partial charge in [-0.05, 0) is 38.7 Å². The number of rotatable bonds is 5. The third kappa shape index (κ3) is 3.15. The van der Waals surface area contributed by atoms with E-state index in [-0.39, 0.29) is 24.2 Å². The first-order valence-corrected chi connectivity index (χ1v) is 8.74. The lowest BCUT2D eigenvalue weighted by Crippen LogP contribution is -2.39. The Labute approximate surface area is 123 Å². The summed E-state index contributed by atoms with van der Waals surface area (Å²) in [6, 6.07) is 4.44. The SMILES string of the molecule is CCSCC(C)N1C(=O)C(C)NC1c1ccc(C)s1. The van der Waals surface area contributed by atoms with E-state index in [9.17, 15) is 4.79 Å². The third-order valence-corrected chi connectivity index (χ3v) is 5.56. The lowest BCUT2D eigenvalue weighted by atomic mass is 10.2. The molecule has 1 aliphatic rings. The maximum absolute atomic E-state index is 12.4. The molecule has 3 atom stereocenters. The molecule has 0 saturated carbocycles. The highest BCUT2D eigenvalue weighted by molar-refractivity contribution is 7.99. The Morgan fingerprint density at radius 3 is 2.84 bits per heavy atom. The third-order valence-electron chi connectivity index (χ3n) is 3.38. The van der Waals surface area contributed by atoms with Crippen LogP contribution in [0.1, 0.15) is 36.7 Å². The van der Waals surface area contributed by atoms with Gasteiger partial charge >= 0.3 is 0 Å². The van der Waals surface area contributed by atoms with Gasteiger partial charge in [-0.15, -0.1) is 11.3 Å². The summed E-state index contributed by atoms with van der Waals surface area (Å²) in [5.74, 6) is 2.32. The van der Waals surface area contributed by atoms with E-state index in [4.69, 9.17) is 0 Å². The van der Waals surface area contributed by atoms with Gasteiger partial charge < -0.3 is 4.90 Å². The lowest BCUT2D eigenvalue weighted by molar-refractivity contribution is -0.131. The Hall–Kier alpha value is -0.520. The van der Waals surface area contributed by atoms with Gasteiger partial charge in [-0.2, -0.15) is 11.8 Å². The normalized spacial score (nSPS) is 25.1. The fourth-order valence-electron chi connectivity index (χ4n) is 2.40. The van der Waals surface area contributed by atoms with Crippen molar-refractivity contribution in [2.75, 3.05) is 11.5 Å². The summed E-state index contributed by atoms with van der Waals surface area (Å²) in [6.45, 7) is 8.36. The minimum Gasteiger partial charge on any atom is -0.317 e. The summed E-state index contributed by atoms with van der Waals surface area (Å²) < 4.78 is 0. The van der Waals surface area contributed by atoms with E-state index < -0.39 is 0 Å². The second-order valence-corrected chi connectivity index (χ2v) is 7.63. The van der Waals surface area contributed by atoms with E-state index in [1.54, 1.807) is 11.3 Å². The number of hydrogen-bond donors (Lipinski definition) is 1. The maximum Gasteiger partial charge on any atom is 0.241 e. The quantitative estimate of drug-likeness (QED) is 0.907. The summed E-state index contributed by atoms with van der Waals surface area (Å²) in [7, 11) is 0. The molecule has 1 aliphatic heterocycles. The zero-order valence-electron chi connectivity index (χ0n) is 12.0. The van der Waals surface area contributed by atoms with Crippen molar-refractivity contribution in [3.05, 3.63) is 21.9 Å². The first-order chi connectivity index (χ1) is 9.04. The van der Waals surface area contributed by atoms with Crippen LogP contribution < -0.4 is 5.32 Å². The van der Waals surface area contributed by atoms with Crippen LogP contribution in [0.2, 0.25) is 0 Å². The number of aryl methyl sites for hydroxylation is 1. The van der Waals surface area contributed by atoms with Crippen molar-refractivity contribution in [2.45, 2.75) is 45.9 Å². The van der Waals surface area contributed by atoms with Crippen LogP contribution in [0.3, 0.4) is 0 Å². The van der Waals surface area contributed by atoms with Crippen LogP contribution in [0, 0.1) is 6.92 Å². The number of carbonyl (C=O) groups is 1. The van der Waals surface area contributed by atoms with Crippen molar-refractivity contribution in [1.82, 2.24) is 10.2 Å². The summed E-state index contributed by atoms with van der Waals surface area (Å²) in [4.78, 5) is 16.9. The fraction of sp³-hybridized carbons (Fsp3) is 0.643. The Bertz CT molecular complexity index is 446. The van der Waals surface area contributed by atoms with Crippen LogP contribution in [0.15, 0.2) is 12.1 Å². The standard InChI is InChI=1S/C14H22N2OS2/c1-5-18-8-9(2)16-13(15-11(4)14(16)17)12-7-6-10(3)19-12/h6-7,9,11,13,15H,5,8H2,1-4H3. The number of nitrogens with one attached hydrogen (secondary N) is 1. The summed E-state index contributed by atoms with van der Waals surface area (Å²) in [6.07, 6.45) is 0.0497. The van der Waals surface area contributed by atoms with Crippen molar-refractivity contribution in [3.63, 3.8) is 0 Å². The van der Waals surface area contributed by atoms with Crippen LogP contribution in [0.4, 0.5) is 0 Å². The molecule has 3 nitrogen and oxygen atoms in total. The average molecular weight is 298 g/mol. The number of carbonyl (C=O) groups excluding carboxylic acids is 1. The highest BCUT2D eigenvalue weighted by atomic mass is 32.2. The first-order valence-electron chi connectivity index (χ1n) is 6.77. The van der Waals surface area contributed by atoms with Gasteiger partial charge in [0.1, 0.15) is 6.17 Å². The molecule has 1 aromatic rings. The van der Waals surface area contributed by atoms with E-state index in [1.807, 2.05) is 23.6 Å². The van der Waals surface area contributed by atoms with E-state index in [0.717, 1.165) is 11.5 Å². The maximum atomic E-state index is 12.4. The minimum absolute atomic E-state index is 0.0497. The molecule has 0 aliphatic carbocycles. The predicted octanol–water partition coefficient (Wildman–Crippen LogP) is 3.02. The second kappa shape index (κ2) is 6.29. The van der Waals surface area contributed by atoms with Gasteiger partial charge in [0.2, 0.25) is 5.91 Å².